The summed E-state index contributed by atoms with van der Waals surface area (Å²) in [7, 11) is 1.66. The quantitative estimate of drug-likeness (QED) is 0.406. The van der Waals surface area contributed by atoms with Crippen LogP contribution in [0.1, 0.15) is 18.1 Å². The van der Waals surface area contributed by atoms with Gasteiger partial charge in [-0.2, -0.15) is 0 Å². The molecule has 4 aromatic rings. The van der Waals surface area contributed by atoms with Gasteiger partial charge in [0.15, 0.2) is 0 Å². The van der Waals surface area contributed by atoms with Crippen LogP contribution in [0.5, 0.6) is 5.75 Å². The van der Waals surface area contributed by atoms with Crippen molar-refractivity contribution in [3.05, 3.63) is 84.1 Å². The molecule has 0 aliphatic carbocycles. The van der Waals surface area contributed by atoms with Crippen LogP contribution >= 0.6 is 0 Å². The highest BCUT2D eigenvalue weighted by Crippen LogP contribution is 2.31. The van der Waals surface area contributed by atoms with Crippen molar-refractivity contribution in [2.75, 3.05) is 7.11 Å². The van der Waals surface area contributed by atoms with Crippen molar-refractivity contribution in [3.8, 4) is 5.75 Å². The Morgan fingerprint density at radius 1 is 0.923 bits per heavy atom. The molecule has 4 rings (SSSR count). The van der Waals surface area contributed by atoms with Gasteiger partial charge in [-0.05, 0) is 47.9 Å². The van der Waals surface area contributed by atoms with E-state index < -0.39 is 0 Å². The van der Waals surface area contributed by atoms with Gasteiger partial charge in [0.2, 0.25) is 0 Å². The van der Waals surface area contributed by atoms with Crippen LogP contribution in [0.4, 0.5) is 0 Å². The third-order valence-electron chi connectivity index (χ3n) is 4.48. The molecule has 0 N–H and O–H groups in total. The molecule has 0 radical (unpaired) electrons. The molecule has 0 aliphatic heterocycles. The van der Waals surface area contributed by atoms with Crippen LogP contribution in [0.15, 0.2) is 77.4 Å². The predicted octanol–water partition coefficient (Wildman–Crippen LogP) is 6.17. The Kier molecular flexibility index (Phi) is 4.36. The van der Waals surface area contributed by atoms with Gasteiger partial charge < -0.3 is 13.9 Å². The van der Waals surface area contributed by atoms with E-state index in [1.807, 2.05) is 55.5 Å². The summed E-state index contributed by atoms with van der Waals surface area (Å²) in [6.45, 7) is 2.53. The fourth-order valence-electron chi connectivity index (χ4n) is 3.23. The van der Waals surface area contributed by atoms with E-state index in [2.05, 4.69) is 18.2 Å². The first kappa shape index (κ1) is 16.3. The van der Waals surface area contributed by atoms with E-state index in [0.29, 0.717) is 6.61 Å². The zero-order valence-electron chi connectivity index (χ0n) is 14.9. The monoisotopic (exact) mass is 344 g/mol. The second kappa shape index (κ2) is 6.96. The van der Waals surface area contributed by atoms with Crippen LogP contribution in [-0.4, -0.2) is 7.11 Å². The lowest BCUT2D eigenvalue weighted by Crippen LogP contribution is -1.99. The molecule has 0 saturated carbocycles. The molecule has 0 bridgehead atoms. The summed E-state index contributed by atoms with van der Waals surface area (Å²) in [5.74, 6) is 0.826. The number of hydrogen-bond donors (Lipinski definition) is 0. The molecule has 0 saturated heterocycles. The Bertz CT molecular complexity index is 1090. The Labute approximate surface area is 152 Å². The molecule has 0 unspecified atom stereocenters. The minimum atomic E-state index is 0.492. The van der Waals surface area contributed by atoms with Crippen molar-refractivity contribution in [3.63, 3.8) is 0 Å². The fourth-order valence-corrected chi connectivity index (χ4v) is 3.23. The van der Waals surface area contributed by atoms with Crippen LogP contribution in [0.25, 0.3) is 27.5 Å². The van der Waals surface area contributed by atoms with Gasteiger partial charge in [0.1, 0.15) is 23.5 Å². The van der Waals surface area contributed by atoms with E-state index in [4.69, 9.17) is 13.9 Å². The van der Waals surface area contributed by atoms with Crippen LogP contribution in [0.3, 0.4) is 0 Å². The van der Waals surface area contributed by atoms with Gasteiger partial charge in [0, 0.05) is 10.8 Å². The van der Waals surface area contributed by atoms with E-state index in [0.717, 1.165) is 44.4 Å². The van der Waals surface area contributed by atoms with E-state index in [1.54, 1.807) is 13.4 Å². The van der Waals surface area contributed by atoms with Crippen LogP contribution < -0.4 is 4.74 Å². The maximum Gasteiger partial charge on any atom is 0.135 e. The highest BCUT2D eigenvalue weighted by Gasteiger charge is 2.09. The lowest BCUT2D eigenvalue weighted by Gasteiger charge is -2.11. The lowest BCUT2D eigenvalue weighted by atomic mass is 10.0. The Balaban J connectivity index is 1.63. The van der Waals surface area contributed by atoms with Gasteiger partial charge in [0.05, 0.1) is 13.4 Å². The van der Waals surface area contributed by atoms with Crippen molar-refractivity contribution in [2.24, 2.45) is 0 Å². The molecule has 1 heterocycles. The minimum absolute atomic E-state index is 0.492. The minimum Gasteiger partial charge on any atom is -0.504 e. The average molecular weight is 344 g/mol. The van der Waals surface area contributed by atoms with Crippen molar-refractivity contribution in [2.45, 2.75) is 13.5 Å². The summed E-state index contributed by atoms with van der Waals surface area (Å²) in [6, 6.07) is 22.2. The standard InChI is InChI=1S/C23H20O3/c1-16(14-24-2)19-8-4-3-7-17(19)15-25-18-11-12-23-21(13-18)20-9-5-6-10-22(20)26-23/h3-14H,15H2,1-2H3. The molecule has 3 heteroatoms. The van der Waals surface area contributed by atoms with E-state index >= 15 is 0 Å². The summed E-state index contributed by atoms with van der Waals surface area (Å²) in [5.41, 5.74) is 5.09. The number of methoxy groups -OCH3 is 1. The fraction of sp³-hybridized carbons (Fsp3) is 0.130. The number of rotatable bonds is 5. The first-order valence-electron chi connectivity index (χ1n) is 8.58. The van der Waals surface area contributed by atoms with E-state index in [1.165, 1.54) is 0 Å². The SMILES string of the molecule is COC=C(C)c1ccccc1COc1ccc2oc3ccccc3c2c1. The smallest absolute Gasteiger partial charge is 0.135 e. The van der Waals surface area contributed by atoms with Crippen molar-refractivity contribution in [1.29, 1.82) is 0 Å². The van der Waals surface area contributed by atoms with Gasteiger partial charge >= 0.3 is 0 Å². The Morgan fingerprint density at radius 3 is 2.58 bits per heavy atom. The molecule has 1 aromatic heterocycles. The third kappa shape index (κ3) is 3.04. The number of fused-ring (bicyclic) bond motifs is 3. The molecule has 0 fully saturated rings. The summed E-state index contributed by atoms with van der Waals surface area (Å²) >= 11 is 0. The normalized spacial score (nSPS) is 11.8. The molecule has 130 valence electrons. The molecule has 0 aliphatic rings. The summed E-state index contributed by atoms with van der Waals surface area (Å²) < 4.78 is 17.1. The van der Waals surface area contributed by atoms with Gasteiger partial charge in [-0.1, -0.05) is 42.5 Å². The predicted molar refractivity (Wildman–Crippen MR) is 105 cm³/mol. The zero-order chi connectivity index (χ0) is 17.9. The van der Waals surface area contributed by atoms with Gasteiger partial charge in [-0.15, -0.1) is 0 Å². The molecule has 0 atom stereocenters. The second-order valence-corrected chi connectivity index (χ2v) is 6.24. The first-order chi connectivity index (χ1) is 12.8. The average Bonchev–Trinajstić information content (AvgIpc) is 3.05. The van der Waals surface area contributed by atoms with Crippen molar-refractivity contribution < 1.29 is 13.9 Å². The second-order valence-electron chi connectivity index (χ2n) is 6.24. The van der Waals surface area contributed by atoms with Crippen molar-refractivity contribution in [1.82, 2.24) is 0 Å². The van der Waals surface area contributed by atoms with Crippen molar-refractivity contribution >= 4 is 27.5 Å². The number of hydrogen-bond acceptors (Lipinski definition) is 3. The topological polar surface area (TPSA) is 31.6 Å². The highest BCUT2D eigenvalue weighted by atomic mass is 16.5. The summed E-state index contributed by atoms with van der Waals surface area (Å²) in [4.78, 5) is 0. The lowest BCUT2D eigenvalue weighted by molar-refractivity contribution is 0.306. The first-order valence-corrected chi connectivity index (χ1v) is 8.58. The number of furan rings is 1. The summed E-state index contributed by atoms with van der Waals surface area (Å²) in [6.07, 6.45) is 1.75. The third-order valence-corrected chi connectivity index (χ3v) is 4.48. The molecule has 0 spiro atoms. The number of allylic oxidation sites excluding steroid dienone is 1. The molecule has 26 heavy (non-hydrogen) atoms. The molecular weight excluding hydrogens is 324 g/mol. The Hall–Kier alpha value is -3.20. The van der Waals surface area contributed by atoms with Gasteiger partial charge in [-0.3, -0.25) is 0 Å². The number of benzene rings is 3. The number of para-hydroxylation sites is 1. The van der Waals surface area contributed by atoms with E-state index in [-0.39, 0.29) is 0 Å². The number of ether oxygens (including phenoxy) is 2. The maximum atomic E-state index is 6.08. The van der Waals surface area contributed by atoms with Crippen LogP contribution in [0, 0.1) is 0 Å². The van der Waals surface area contributed by atoms with Gasteiger partial charge in [0.25, 0.3) is 0 Å². The summed E-state index contributed by atoms with van der Waals surface area (Å²) in [5, 5.41) is 2.18. The van der Waals surface area contributed by atoms with Crippen LogP contribution in [-0.2, 0) is 11.3 Å². The van der Waals surface area contributed by atoms with Gasteiger partial charge in [-0.25, -0.2) is 0 Å². The molecule has 3 aromatic carbocycles. The molecular formula is C23H20O3. The van der Waals surface area contributed by atoms with Crippen LogP contribution in [0.2, 0.25) is 0 Å². The Morgan fingerprint density at radius 2 is 1.69 bits per heavy atom. The maximum absolute atomic E-state index is 6.08. The molecule has 0 amide bonds. The van der Waals surface area contributed by atoms with E-state index in [9.17, 15) is 0 Å². The largest absolute Gasteiger partial charge is 0.504 e. The highest BCUT2D eigenvalue weighted by molar-refractivity contribution is 6.05. The zero-order valence-corrected chi connectivity index (χ0v) is 14.9. The molecule has 3 nitrogen and oxygen atoms in total.